The van der Waals surface area contributed by atoms with Gasteiger partial charge in [0.2, 0.25) is 11.8 Å². The van der Waals surface area contributed by atoms with Crippen molar-refractivity contribution < 1.29 is 14.3 Å². The summed E-state index contributed by atoms with van der Waals surface area (Å²) in [6, 6.07) is -0.708. The number of nitrogens with zero attached hydrogens (tertiary/aromatic N) is 1. The minimum absolute atomic E-state index is 0.0265. The molecule has 2 amide bonds. The maximum absolute atomic E-state index is 12.2. The average molecular weight is 254 g/mol. The molecular weight excluding hydrogens is 232 g/mol. The molecule has 18 heavy (non-hydrogen) atoms. The molecule has 2 heterocycles. The van der Waals surface area contributed by atoms with E-state index in [9.17, 15) is 9.59 Å². The Labute approximate surface area is 108 Å². The van der Waals surface area contributed by atoms with Crippen LogP contribution in [0.1, 0.15) is 33.1 Å². The highest BCUT2D eigenvalue weighted by Gasteiger charge is 2.38. The van der Waals surface area contributed by atoms with E-state index in [0.29, 0.717) is 25.5 Å². The zero-order chi connectivity index (χ0) is 13.1. The number of carbonyl (C=O) groups excluding carboxylic acids is 2. The number of hydrogen-bond donors (Lipinski definition) is 1. The van der Waals surface area contributed by atoms with Crippen molar-refractivity contribution in [1.29, 1.82) is 0 Å². The maximum atomic E-state index is 12.2. The Hall–Kier alpha value is -1.10. The molecule has 2 aliphatic rings. The van der Waals surface area contributed by atoms with Crippen LogP contribution in [0.15, 0.2) is 0 Å². The van der Waals surface area contributed by atoms with Crippen molar-refractivity contribution in [1.82, 2.24) is 10.2 Å². The van der Waals surface area contributed by atoms with Crippen molar-refractivity contribution in [3.63, 3.8) is 0 Å². The Kier molecular flexibility index (Phi) is 4.22. The van der Waals surface area contributed by atoms with Crippen molar-refractivity contribution in [2.75, 3.05) is 19.8 Å². The second kappa shape index (κ2) is 5.69. The zero-order valence-corrected chi connectivity index (χ0v) is 11.1. The van der Waals surface area contributed by atoms with Crippen LogP contribution in [0.3, 0.4) is 0 Å². The smallest absolute Gasteiger partial charge is 0.245 e. The molecule has 2 saturated heterocycles. The van der Waals surface area contributed by atoms with Crippen molar-refractivity contribution in [2.45, 2.75) is 45.2 Å². The number of piperazine rings is 1. The van der Waals surface area contributed by atoms with Gasteiger partial charge in [-0.25, -0.2) is 0 Å². The van der Waals surface area contributed by atoms with Gasteiger partial charge in [-0.1, -0.05) is 6.92 Å². The number of rotatable bonds is 3. The fourth-order valence-electron chi connectivity index (χ4n) is 2.77. The lowest BCUT2D eigenvalue weighted by molar-refractivity contribution is -0.150. The van der Waals surface area contributed by atoms with E-state index in [2.05, 4.69) is 5.32 Å². The van der Waals surface area contributed by atoms with Crippen molar-refractivity contribution in [2.24, 2.45) is 5.92 Å². The van der Waals surface area contributed by atoms with Crippen LogP contribution in [-0.2, 0) is 14.3 Å². The highest BCUT2D eigenvalue weighted by Crippen LogP contribution is 2.20. The Bertz CT molecular complexity index is 326. The fraction of sp³-hybridized carbons (Fsp3) is 0.846. The van der Waals surface area contributed by atoms with Crippen molar-refractivity contribution in [3.8, 4) is 0 Å². The number of nitrogens with one attached hydrogen (secondary N) is 1. The Morgan fingerprint density at radius 3 is 2.83 bits per heavy atom. The molecule has 3 unspecified atom stereocenters. The van der Waals surface area contributed by atoms with Gasteiger partial charge < -0.3 is 15.0 Å². The van der Waals surface area contributed by atoms with Gasteiger partial charge in [-0.2, -0.15) is 0 Å². The van der Waals surface area contributed by atoms with Crippen molar-refractivity contribution in [3.05, 3.63) is 0 Å². The third-order valence-corrected chi connectivity index (χ3v) is 3.79. The molecule has 2 fully saturated rings. The summed E-state index contributed by atoms with van der Waals surface area (Å²) in [7, 11) is 0. The lowest BCUT2D eigenvalue weighted by Gasteiger charge is -2.40. The molecule has 0 spiro atoms. The summed E-state index contributed by atoms with van der Waals surface area (Å²) >= 11 is 0. The molecule has 0 aromatic rings. The summed E-state index contributed by atoms with van der Waals surface area (Å²) in [6.07, 6.45) is 2.79. The molecule has 1 N–H and O–H groups in total. The van der Waals surface area contributed by atoms with Gasteiger partial charge in [-0.3, -0.25) is 9.59 Å². The summed E-state index contributed by atoms with van der Waals surface area (Å²) in [5.74, 6) is 0.378. The summed E-state index contributed by atoms with van der Waals surface area (Å²) < 4.78 is 5.44. The predicted molar refractivity (Wildman–Crippen MR) is 66.9 cm³/mol. The zero-order valence-electron chi connectivity index (χ0n) is 11.1. The molecule has 2 rings (SSSR count). The van der Waals surface area contributed by atoms with E-state index in [4.69, 9.17) is 4.74 Å². The molecule has 5 heteroatoms. The normalized spacial score (nSPS) is 33.4. The van der Waals surface area contributed by atoms with E-state index >= 15 is 0 Å². The highest BCUT2D eigenvalue weighted by atomic mass is 16.5. The molecule has 5 nitrogen and oxygen atoms in total. The average Bonchev–Trinajstić information content (AvgIpc) is 2.37. The standard InChI is InChI=1S/C13H22N2O3/c1-3-11-12(16)14-9(2)13(17)15(11)7-10-5-4-6-18-8-10/h9-11H,3-8H2,1-2H3,(H,14,16). The van der Waals surface area contributed by atoms with Crippen molar-refractivity contribution >= 4 is 11.8 Å². The third-order valence-electron chi connectivity index (χ3n) is 3.79. The van der Waals surface area contributed by atoms with Gasteiger partial charge in [0.25, 0.3) is 0 Å². The summed E-state index contributed by atoms with van der Waals surface area (Å²) in [4.78, 5) is 25.8. The maximum Gasteiger partial charge on any atom is 0.245 e. The number of hydrogen-bond acceptors (Lipinski definition) is 3. The quantitative estimate of drug-likeness (QED) is 0.799. The van der Waals surface area contributed by atoms with Crippen LogP contribution >= 0.6 is 0 Å². The van der Waals surface area contributed by atoms with E-state index in [1.165, 1.54) is 0 Å². The lowest BCUT2D eigenvalue weighted by atomic mass is 9.98. The summed E-state index contributed by atoms with van der Waals surface area (Å²) in [6.45, 7) is 5.86. The van der Waals surface area contributed by atoms with Gasteiger partial charge in [0.1, 0.15) is 12.1 Å². The fourth-order valence-corrected chi connectivity index (χ4v) is 2.77. The molecule has 2 aliphatic heterocycles. The van der Waals surface area contributed by atoms with Crippen LogP contribution in [0.2, 0.25) is 0 Å². The van der Waals surface area contributed by atoms with E-state index in [1.54, 1.807) is 11.8 Å². The van der Waals surface area contributed by atoms with E-state index in [1.807, 2.05) is 6.92 Å². The van der Waals surface area contributed by atoms with Crippen LogP contribution in [-0.4, -0.2) is 48.6 Å². The summed E-state index contributed by atoms with van der Waals surface area (Å²) in [5.41, 5.74) is 0. The van der Waals surface area contributed by atoms with Gasteiger partial charge in [-0.15, -0.1) is 0 Å². The first-order valence-corrected chi connectivity index (χ1v) is 6.82. The minimum atomic E-state index is -0.398. The first-order chi connectivity index (χ1) is 8.63. The van der Waals surface area contributed by atoms with Gasteiger partial charge in [0.15, 0.2) is 0 Å². The van der Waals surface area contributed by atoms with Crippen LogP contribution < -0.4 is 5.32 Å². The number of ether oxygens (including phenoxy) is 1. The molecule has 0 bridgehead atoms. The monoisotopic (exact) mass is 254 g/mol. The molecule has 3 atom stereocenters. The van der Waals surface area contributed by atoms with Gasteiger partial charge >= 0.3 is 0 Å². The Morgan fingerprint density at radius 2 is 2.22 bits per heavy atom. The molecule has 0 aliphatic carbocycles. The van der Waals surface area contributed by atoms with Crippen LogP contribution in [0.25, 0.3) is 0 Å². The molecular formula is C13H22N2O3. The second-order valence-electron chi connectivity index (χ2n) is 5.23. The van der Waals surface area contributed by atoms with Crippen LogP contribution in [0.5, 0.6) is 0 Å². The van der Waals surface area contributed by atoms with Crippen LogP contribution in [0, 0.1) is 5.92 Å². The van der Waals surface area contributed by atoms with Gasteiger partial charge in [0, 0.05) is 13.2 Å². The number of amides is 2. The lowest BCUT2D eigenvalue weighted by Crippen LogP contribution is -2.63. The molecule has 0 aromatic carbocycles. The third kappa shape index (κ3) is 2.66. The van der Waals surface area contributed by atoms with E-state index in [-0.39, 0.29) is 17.9 Å². The molecule has 0 aromatic heterocycles. The van der Waals surface area contributed by atoms with E-state index in [0.717, 1.165) is 19.4 Å². The minimum Gasteiger partial charge on any atom is -0.381 e. The van der Waals surface area contributed by atoms with Gasteiger partial charge in [0.05, 0.1) is 6.61 Å². The van der Waals surface area contributed by atoms with Gasteiger partial charge in [-0.05, 0) is 32.1 Å². The molecule has 102 valence electrons. The first-order valence-electron chi connectivity index (χ1n) is 6.82. The van der Waals surface area contributed by atoms with Crippen LogP contribution in [0.4, 0.5) is 0 Å². The second-order valence-corrected chi connectivity index (χ2v) is 5.23. The molecule has 0 saturated carbocycles. The topological polar surface area (TPSA) is 58.6 Å². The SMILES string of the molecule is CCC1C(=O)NC(C)C(=O)N1CC1CCCOC1. The van der Waals surface area contributed by atoms with E-state index < -0.39 is 6.04 Å². The Balaban J connectivity index is 2.05. The molecule has 0 radical (unpaired) electrons. The first kappa shape index (κ1) is 13.3. The highest BCUT2D eigenvalue weighted by molar-refractivity contribution is 5.96. The number of carbonyl (C=O) groups is 2. The predicted octanol–water partition coefficient (Wildman–Crippen LogP) is 0.539. The largest absolute Gasteiger partial charge is 0.381 e. The Morgan fingerprint density at radius 1 is 1.44 bits per heavy atom. The summed E-state index contributed by atoms with van der Waals surface area (Å²) in [5, 5.41) is 2.74.